The van der Waals surface area contributed by atoms with Crippen LogP contribution in [0.4, 0.5) is 5.82 Å². The molecule has 1 atom stereocenters. The summed E-state index contributed by atoms with van der Waals surface area (Å²) in [5.41, 5.74) is 8.92. The van der Waals surface area contributed by atoms with Gasteiger partial charge < -0.3 is 14.9 Å². The van der Waals surface area contributed by atoms with E-state index >= 15 is 0 Å². The minimum Gasteiger partial charge on any atom is -0.497 e. The number of ether oxygens (including phenoxy) is 1. The van der Waals surface area contributed by atoms with E-state index in [4.69, 9.17) is 14.9 Å². The number of fused-ring (bicyclic) bond motifs is 1. The van der Waals surface area contributed by atoms with E-state index in [0.717, 1.165) is 29.0 Å². The zero-order chi connectivity index (χ0) is 18.8. The molecule has 0 aliphatic carbocycles. The Balaban J connectivity index is 1.88. The molecule has 1 aromatic carbocycles. The number of hydrogen-bond acceptors (Lipinski definition) is 6. The van der Waals surface area contributed by atoms with Crippen molar-refractivity contribution in [2.24, 2.45) is 0 Å². The van der Waals surface area contributed by atoms with Gasteiger partial charge >= 0.3 is 0 Å². The van der Waals surface area contributed by atoms with E-state index in [1.807, 2.05) is 26.0 Å². The first kappa shape index (κ1) is 18.2. The van der Waals surface area contributed by atoms with Crippen LogP contribution in [-0.4, -0.2) is 28.5 Å². The third-order valence-electron chi connectivity index (χ3n) is 4.98. The predicted octanol–water partition coefficient (Wildman–Crippen LogP) is 4.01. The lowest BCUT2D eigenvalue weighted by atomic mass is 10.1. The lowest BCUT2D eigenvalue weighted by Gasteiger charge is -2.27. The Hall–Kier alpha value is -2.60. The minimum absolute atomic E-state index is 0.190. The highest BCUT2D eigenvalue weighted by molar-refractivity contribution is 5.88. The summed E-state index contributed by atoms with van der Waals surface area (Å²) in [4.78, 5) is 11.4. The van der Waals surface area contributed by atoms with Gasteiger partial charge in [0.05, 0.1) is 19.0 Å². The predicted molar refractivity (Wildman–Crippen MR) is 103 cm³/mol. The van der Waals surface area contributed by atoms with Gasteiger partial charge in [-0.25, -0.2) is 4.98 Å². The highest BCUT2D eigenvalue weighted by Crippen LogP contribution is 2.29. The van der Waals surface area contributed by atoms with Gasteiger partial charge in [-0.05, 0) is 45.0 Å². The summed E-state index contributed by atoms with van der Waals surface area (Å²) in [7, 11) is 1.68. The molecule has 3 rings (SSSR count). The second-order valence-corrected chi connectivity index (χ2v) is 6.50. The number of rotatable bonds is 6. The fourth-order valence-electron chi connectivity index (χ4n) is 3.21. The highest BCUT2D eigenvalue weighted by Gasteiger charge is 2.19. The molecule has 2 aromatic heterocycles. The van der Waals surface area contributed by atoms with Crippen LogP contribution in [-0.2, 0) is 6.54 Å². The zero-order valence-corrected chi connectivity index (χ0v) is 16.0. The monoisotopic (exact) mass is 354 g/mol. The van der Waals surface area contributed by atoms with E-state index < -0.39 is 0 Å². The van der Waals surface area contributed by atoms with Gasteiger partial charge in [-0.2, -0.15) is 4.98 Å². The number of aryl methyl sites for hydroxylation is 2. The largest absolute Gasteiger partial charge is 0.497 e. The Morgan fingerprint density at radius 3 is 2.73 bits per heavy atom. The topological polar surface area (TPSA) is 77.4 Å². The molecule has 0 spiro atoms. The molecule has 6 nitrogen and oxygen atoms in total. The maximum atomic E-state index is 6.17. The number of hydrogen-bond donors (Lipinski definition) is 1. The van der Waals surface area contributed by atoms with Gasteiger partial charge in [0.2, 0.25) is 5.71 Å². The molecule has 0 radical (unpaired) electrons. The molecule has 0 amide bonds. The summed E-state index contributed by atoms with van der Waals surface area (Å²) in [5.74, 6) is 2.83. The van der Waals surface area contributed by atoms with Crippen molar-refractivity contribution in [3.8, 4) is 5.75 Å². The minimum atomic E-state index is 0.190. The second-order valence-electron chi connectivity index (χ2n) is 6.50. The fraction of sp³-hybridized carbons (Fsp3) is 0.400. The number of nitrogen functional groups attached to an aromatic ring is 1. The molecule has 6 heteroatoms. The number of benzene rings is 1. The smallest absolute Gasteiger partial charge is 0.231 e. The van der Waals surface area contributed by atoms with E-state index in [1.165, 1.54) is 5.56 Å². The Bertz CT molecular complexity index is 920. The van der Waals surface area contributed by atoms with Gasteiger partial charge in [0.25, 0.3) is 0 Å². The average Bonchev–Trinajstić information content (AvgIpc) is 2.93. The van der Waals surface area contributed by atoms with Gasteiger partial charge in [-0.3, -0.25) is 4.90 Å². The van der Waals surface area contributed by atoms with Crippen LogP contribution < -0.4 is 10.5 Å². The van der Waals surface area contributed by atoms with Gasteiger partial charge in [-0.15, -0.1) is 0 Å². The van der Waals surface area contributed by atoms with E-state index in [1.54, 1.807) is 7.11 Å². The molecule has 0 fully saturated rings. The van der Waals surface area contributed by atoms with Gasteiger partial charge in [0, 0.05) is 11.6 Å². The van der Waals surface area contributed by atoms with Crippen LogP contribution in [0.5, 0.6) is 5.75 Å². The van der Waals surface area contributed by atoms with Crippen LogP contribution in [0.1, 0.15) is 42.6 Å². The first-order valence-corrected chi connectivity index (χ1v) is 8.84. The van der Waals surface area contributed by atoms with Crippen molar-refractivity contribution in [1.82, 2.24) is 14.9 Å². The quantitative estimate of drug-likeness (QED) is 0.720. The summed E-state index contributed by atoms with van der Waals surface area (Å²) in [6.07, 6.45) is 0. The maximum absolute atomic E-state index is 6.17. The molecule has 0 aliphatic heterocycles. The molecule has 3 aromatic rings. The third-order valence-corrected chi connectivity index (χ3v) is 4.98. The summed E-state index contributed by atoms with van der Waals surface area (Å²) in [6, 6.07) is 8.31. The summed E-state index contributed by atoms with van der Waals surface area (Å²) in [6.45, 7) is 9.63. The summed E-state index contributed by atoms with van der Waals surface area (Å²) >= 11 is 0. The average molecular weight is 354 g/mol. The van der Waals surface area contributed by atoms with Crippen molar-refractivity contribution in [3.63, 3.8) is 0 Å². The molecular formula is C20H26N4O2. The summed E-state index contributed by atoms with van der Waals surface area (Å²) in [5, 5.41) is 0.815. The molecule has 0 saturated carbocycles. The Morgan fingerprint density at radius 2 is 2.04 bits per heavy atom. The number of aromatic nitrogens is 2. The van der Waals surface area contributed by atoms with Gasteiger partial charge in [0.15, 0.2) is 0 Å². The molecule has 0 saturated heterocycles. The standard InChI is InChI=1S/C20H26N4O2/c1-6-24(13(3)15-8-7-9-16(10-15)25-5)11-17-22-19(21)18-12(2)14(4)26-20(18)23-17/h7-10,13H,6,11H2,1-5H3,(H2,21,22,23)/t13-/m0/s1. The van der Waals surface area contributed by atoms with Crippen molar-refractivity contribution in [2.45, 2.75) is 40.3 Å². The number of methoxy groups -OCH3 is 1. The Kier molecular flexibility index (Phi) is 5.13. The first-order valence-electron chi connectivity index (χ1n) is 8.84. The van der Waals surface area contributed by atoms with Crippen molar-refractivity contribution in [1.29, 1.82) is 0 Å². The van der Waals surface area contributed by atoms with Crippen LogP contribution in [0.3, 0.4) is 0 Å². The molecule has 138 valence electrons. The maximum Gasteiger partial charge on any atom is 0.231 e. The highest BCUT2D eigenvalue weighted by atomic mass is 16.5. The van der Waals surface area contributed by atoms with E-state index in [9.17, 15) is 0 Å². The SMILES string of the molecule is CCN(Cc1nc(N)c2c(C)c(C)oc2n1)[C@@H](C)c1cccc(OC)c1. The van der Waals surface area contributed by atoms with E-state index in [-0.39, 0.29) is 6.04 Å². The van der Waals surface area contributed by atoms with Crippen molar-refractivity contribution >= 4 is 16.9 Å². The van der Waals surface area contributed by atoms with Crippen molar-refractivity contribution in [3.05, 3.63) is 47.0 Å². The molecule has 2 heterocycles. The molecule has 0 bridgehead atoms. The van der Waals surface area contributed by atoms with Crippen LogP contribution in [0.2, 0.25) is 0 Å². The molecule has 2 N–H and O–H groups in total. The van der Waals surface area contributed by atoms with Crippen LogP contribution >= 0.6 is 0 Å². The molecule has 0 aliphatic rings. The van der Waals surface area contributed by atoms with Crippen molar-refractivity contribution in [2.75, 3.05) is 19.4 Å². The normalized spacial score (nSPS) is 12.7. The Morgan fingerprint density at radius 1 is 1.27 bits per heavy atom. The van der Waals surface area contributed by atoms with Crippen LogP contribution in [0, 0.1) is 13.8 Å². The fourth-order valence-corrected chi connectivity index (χ4v) is 3.21. The number of anilines is 1. The van der Waals surface area contributed by atoms with E-state index in [2.05, 4.69) is 40.8 Å². The molecule has 0 unspecified atom stereocenters. The van der Waals surface area contributed by atoms with Gasteiger partial charge in [0.1, 0.15) is 23.2 Å². The summed E-state index contributed by atoms with van der Waals surface area (Å²) < 4.78 is 11.1. The Labute approximate surface area is 154 Å². The zero-order valence-electron chi connectivity index (χ0n) is 16.0. The number of nitrogens with zero attached hydrogens (tertiary/aromatic N) is 3. The first-order chi connectivity index (χ1) is 12.4. The molecule has 26 heavy (non-hydrogen) atoms. The van der Waals surface area contributed by atoms with Crippen molar-refractivity contribution < 1.29 is 9.15 Å². The van der Waals surface area contributed by atoms with Crippen LogP contribution in [0.15, 0.2) is 28.7 Å². The van der Waals surface area contributed by atoms with E-state index in [0.29, 0.717) is 23.9 Å². The lowest BCUT2D eigenvalue weighted by molar-refractivity contribution is 0.207. The third kappa shape index (κ3) is 3.37. The lowest BCUT2D eigenvalue weighted by Crippen LogP contribution is -2.27. The van der Waals surface area contributed by atoms with Gasteiger partial charge in [-0.1, -0.05) is 19.1 Å². The number of furan rings is 1. The van der Waals surface area contributed by atoms with Crippen LogP contribution in [0.25, 0.3) is 11.1 Å². The number of nitrogens with two attached hydrogens (primary N) is 1. The second kappa shape index (κ2) is 7.33. The molecular weight excluding hydrogens is 328 g/mol.